The molecule has 106 valence electrons. The first-order valence-corrected chi connectivity index (χ1v) is 8.79. The monoisotopic (exact) mass is 421 g/mol. The van der Waals surface area contributed by atoms with Gasteiger partial charge in [0.05, 0.1) is 10.6 Å². The minimum atomic E-state index is -3.59. The normalized spacial score (nSPS) is 11.4. The summed E-state index contributed by atoms with van der Waals surface area (Å²) in [4.78, 5) is 0.256. The molecule has 0 bridgehead atoms. The number of hydrogen-bond donors (Lipinski definition) is 1. The summed E-state index contributed by atoms with van der Waals surface area (Å²) in [6, 6.07) is 10.1. The summed E-state index contributed by atoms with van der Waals surface area (Å²) < 4.78 is 28.0. The second-order valence-corrected chi connectivity index (χ2v) is 7.76. The van der Waals surface area contributed by atoms with Crippen LogP contribution in [-0.4, -0.2) is 8.42 Å². The van der Waals surface area contributed by atoms with Gasteiger partial charge in [-0.15, -0.1) is 0 Å². The van der Waals surface area contributed by atoms with E-state index in [9.17, 15) is 8.42 Å². The van der Waals surface area contributed by atoms with Crippen LogP contribution in [0.1, 0.15) is 11.1 Å². The average Bonchev–Trinajstić information content (AvgIpc) is 2.36. The Kier molecular flexibility index (Phi) is 4.61. The van der Waals surface area contributed by atoms with Gasteiger partial charge in [-0.25, -0.2) is 8.42 Å². The van der Waals surface area contributed by atoms with Crippen molar-refractivity contribution in [2.24, 2.45) is 0 Å². The number of hydrogen-bond acceptors (Lipinski definition) is 2. The quantitative estimate of drug-likeness (QED) is 0.749. The molecular formula is C14H13ClINO2S. The van der Waals surface area contributed by atoms with Gasteiger partial charge < -0.3 is 0 Å². The third-order valence-electron chi connectivity index (χ3n) is 2.96. The predicted molar refractivity (Wildman–Crippen MR) is 90.9 cm³/mol. The summed E-state index contributed by atoms with van der Waals surface area (Å²) >= 11 is 7.91. The Labute approximate surface area is 137 Å². The highest BCUT2D eigenvalue weighted by molar-refractivity contribution is 14.1. The second kappa shape index (κ2) is 5.91. The van der Waals surface area contributed by atoms with Crippen molar-refractivity contribution in [2.75, 3.05) is 4.72 Å². The van der Waals surface area contributed by atoms with Crippen molar-refractivity contribution in [3.63, 3.8) is 0 Å². The van der Waals surface area contributed by atoms with Gasteiger partial charge in [-0.3, -0.25) is 4.72 Å². The molecule has 0 aliphatic rings. The van der Waals surface area contributed by atoms with Crippen molar-refractivity contribution in [3.05, 3.63) is 56.1 Å². The molecule has 2 aromatic rings. The van der Waals surface area contributed by atoms with E-state index in [1.807, 2.05) is 36.4 Å². The molecule has 0 heterocycles. The summed E-state index contributed by atoms with van der Waals surface area (Å²) in [6.45, 7) is 3.84. The maximum atomic E-state index is 12.4. The largest absolute Gasteiger partial charge is 0.279 e. The Morgan fingerprint density at radius 1 is 1.05 bits per heavy atom. The molecule has 0 fully saturated rings. The molecular weight excluding hydrogens is 409 g/mol. The van der Waals surface area contributed by atoms with Crippen LogP contribution in [0.25, 0.3) is 0 Å². The fraction of sp³-hybridized carbons (Fsp3) is 0.143. The molecule has 20 heavy (non-hydrogen) atoms. The Morgan fingerprint density at radius 3 is 2.35 bits per heavy atom. The van der Waals surface area contributed by atoms with Crippen LogP contribution >= 0.6 is 34.2 Å². The fourth-order valence-electron chi connectivity index (χ4n) is 1.66. The molecule has 6 heteroatoms. The summed E-state index contributed by atoms with van der Waals surface area (Å²) in [5.41, 5.74) is 2.52. The summed E-state index contributed by atoms with van der Waals surface area (Å²) in [5.74, 6) is 0. The van der Waals surface area contributed by atoms with E-state index < -0.39 is 10.0 Å². The Balaban J connectivity index is 2.38. The van der Waals surface area contributed by atoms with Crippen LogP contribution in [0.3, 0.4) is 0 Å². The predicted octanol–water partition coefficient (Wildman–Crippen LogP) is 4.36. The average molecular weight is 422 g/mol. The molecule has 0 aliphatic carbocycles. The van der Waals surface area contributed by atoms with Gasteiger partial charge in [0.1, 0.15) is 0 Å². The highest BCUT2D eigenvalue weighted by atomic mass is 127. The van der Waals surface area contributed by atoms with Gasteiger partial charge in [-0.1, -0.05) is 17.7 Å². The van der Waals surface area contributed by atoms with Crippen molar-refractivity contribution in [3.8, 4) is 0 Å². The molecule has 0 amide bonds. The summed E-state index contributed by atoms with van der Waals surface area (Å²) in [7, 11) is -3.59. The van der Waals surface area contributed by atoms with Gasteiger partial charge in [0.15, 0.2) is 0 Å². The number of benzene rings is 2. The minimum absolute atomic E-state index is 0.256. The number of anilines is 1. The van der Waals surface area contributed by atoms with E-state index in [1.165, 1.54) is 0 Å². The van der Waals surface area contributed by atoms with E-state index in [4.69, 9.17) is 11.6 Å². The van der Waals surface area contributed by atoms with Crippen LogP contribution in [0, 0.1) is 17.4 Å². The van der Waals surface area contributed by atoms with Gasteiger partial charge in [-0.2, -0.15) is 0 Å². The molecule has 2 aromatic carbocycles. The molecule has 0 saturated carbocycles. The van der Waals surface area contributed by atoms with E-state index in [0.29, 0.717) is 10.7 Å². The van der Waals surface area contributed by atoms with Crippen LogP contribution in [-0.2, 0) is 10.0 Å². The molecule has 0 spiro atoms. The zero-order valence-electron chi connectivity index (χ0n) is 10.9. The SMILES string of the molecule is Cc1ccc(S(=O)(=O)Nc2ccc(Cl)cc2I)cc1C. The molecule has 1 N–H and O–H groups in total. The van der Waals surface area contributed by atoms with Gasteiger partial charge in [0.2, 0.25) is 0 Å². The number of nitrogens with one attached hydrogen (secondary N) is 1. The zero-order valence-corrected chi connectivity index (χ0v) is 14.7. The lowest BCUT2D eigenvalue weighted by molar-refractivity contribution is 0.601. The van der Waals surface area contributed by atoms with E-state index >= 15 is 0 Å². The topological polar surface area (TPSA) is 46.2 Å². The lowest BCUT2D eigenvalue weighted by atomic mass is 10.1. The molecule has 3 nitrogen and oxygen atoms in total. The van der Waals surface area contributed by atoms with E-state index in [2.05, 4.69) is 4.72 Å². The summed E-state index contributed by atoms with van der Waals surface area (Å²) in [5, 5.41) is 0.573. The van der Waals surface area contributed by atoms with E-state index in [0.717, 1.165) is 14.7 Å². The molecule has 0 atom stereocenters. The van der Waals surface area contributed by atoms with Crippen molar-refractivity contribution >= 4 is 49.9 Å². The second-order valence-electron chi connectivity index (χ2n) is 4.48. The first-order valence-electron chi connectivity index (χ1n) is 5.85. The standard InChI is InChI=1S/C14H13ClINO2S/c1-9-3-5-12(7-10(9)2)20(18,19)17-14-6-4-11(15)8-13(14)16/h3-8,17H,1-2H3. The summed E-state index contributed by atoms with van der Waals surface area (Å²) in [6.07, 6.45) is 0. The third-order valence-corrected chi connectivity index (χ3v) is 5.45. The number of sulfonamides is 1. The maximum Gasteiger partial charge on any atom is 0.261 e. The Morgan fingerprint density at radius 2 is 1.75 bits per heavy atom. The van der Waals surface area contributed by atoms with Gasteiger partial charge in [0.25, 0.3) is 10.0 Å². The smallest absolute Gasteiger partial charge is 0.261 e. The maximum absolute atomic E-state index is 12.4. The van der Waals surface area contributed by atoms with E-state index in [1.54, 1.807) is 36.4 Å². The molecule has 0 aliphatic heterocycles. The fourth-order valence-corrected chi connectivity index (χ4v) is 4.01. The molecule has 2 rings (SSSR count). The zero-order chi connectivity index (χ0) is 14.9. The van der Waals surface area contributed by atoms with Crippen LogP contribution < -0.4 is 4.72 Å². The van der Waals surface area contributed by atoms with E-state index in [-0.39, 0.29) is 4.90 Å². The van der Waals surface area contributed by atoms with Crippen LogP contribution in [0.2, 0.25) is 5.02 Å². The van der Waals surface area contributed by atoms with Gasteiger partial charge in [-0.05, 0) is 77.9 Å². The molecule has 0 radical (unpaired) electrons. The van der Waals surface area contributed by atoms with Crippen LogP contribution in [0.5, 0.6) is 0 Å². The van der Waals surface area contributed by atoms with Gasteiger partial charge in [0, 0.05) is 8.59 Å². The van der Waals surface area contributed by atoms with Crippen molar-refractivity contribution in [1.82, 2.24) is 0 Å². The minimum Gasteiger partial charge on any atom is -0.279 e. The third kappa shape index (κ3) is 3.45. The highest BCUT2D eigenvalue weighted by Gasteiger charge is 2.16. The lowest BCUT2D eigenvalue weighted by Crippen LogP contribution is -2.14. The van der Waals surface area contributed by atoms with Crippen LogP contribution in [0.15, 0.2) is 41.3 Å². The molecule has 0 aromatic heterocycles. The Hall–Kier alpha value is -0.790. The lowest BCUT2D eigenvalue weighted by Gasteiger charge is -2.11. The first kappa shape index (κ1) is 15.6. The Bertz CT molecular complexity index is 760. The van der Waals surface area contributed by atoms with Gasteiger partial charge >= 0.3 is 0 Å². The van der Waals surface area contributed by atoms with Crippen molar-refractivity contribution in [1.29, 1.82) is 0 Å². The van der Waals surface area contributed by atoms with Crippen LogP contribution in [0.4, 0.5) is 5.69 Å². The molecule has 0 unspecified atom stereocenters. The highest BCUT2D eigenvalue weighted by Crippen LogP contribution is 2.25. The van der Waals surface area contributed by atoms with Crippen molar-refractivity contribution in [2.45, 2.75) is 18.7 Å². The number of rotatable bonds is 3. The first-order chi connectivity index (χ1) is 9.29. The number of halogens is 2. The molecule has 0 saturated heterocycles. The number of aryl methyl sites for hydroxylation is 2. The van der Waals surface area contributed by atoms with Crippen molar-refractivity contribution < 1.29 is 8.42 Å².